The Balaban J connectivity index is 0. The van der Waals surface area contributed by atoms with Gasteiger partial charge in [0, 0.05) is 50.6 Å². The van der Waals surface area contributed by atoms with E-state index in [0.717, 1.165) is 0 Å². The Morgan fingerprint density at radius 2 is 1.00 bits per heavy atom. The third-order valence-corrected chi connectivity index (χ3v) is 0. The minimum Gasteiger partial charge on any atom is 0 e. The van der Waals surface area contributed by atoms with Crippen molar-refractivity contribution in [3.05, 3.63) is 7.43 Å². The first-order chi connectivity index (χ1) is 0. The molecule has 0 N–H and O–H groups in total. The summed E-state index contributed by atoms with van der Waals surface area (Å²) < 4.78 is 0. The normalized spacial score (nSPS) is 0. The summed E-state index contributed by atoms with van der Waals surface area (Å²) in [5, 5.41) is 0. The van der Waals surface area contributed by atoms with Crippen LogP contribution >= 0.6 is 9.90 Å². The second kappa shape index (κ2) is 25.5. The van der Waals surface area contributed by atoms with E-state index in [-0.39, 0.29) is 50.6 Å². The Labute approximate surface area is 50.9 Å². The summed E-state index contributed by atoms with van der Waals surface area (Å²) in [6.07, 6.45) is 0. The Morgan fingerprint density at radius 1 is 1.00 bits per heavy atom. The van der Waals surface area contributed by atoms with Crippen molar-refractivity contribution in [1.82, 2.24) is 0 Å². The third-order valence-electron chi connectivity index (χ3n) is 0. The van der Waals surface area contributed by atoms with Gasteiger partial charge in [-0.2, -0.15) is 0 Å². The fraction of sp³-hybridized carbons (Fsp3) is 0. The summed E-state index contributed by atoms with van der Waals surface area (Å²) in [5.41, 5.74) is 0. The van der Waals surface area contributed by atoms with Gasteiger partial charge in [0.15, 0.2) is 0 Å². The molecule has 0 aromatic carbocycles. The monoisotopic (exact) mass is 160 g/mol. The molecule has 28 valence electrons. The van der Waals surface area contributed by atoms with Crippen LogP contribution in [0.15, 0.2) is 0 Å². The minimum absolute atomic E-state index is 0. The summed E-state index contributed by atoms with van der Waals surface area (Å²) in [5.74, 6) is 0. The number of rotatable bonds is 0. The smallest absolute Gasteiger partial charge is 0 e. The molecule has 0 rings (SSSR count). The Hall–Kier alpha value is 1.43. The molecular weight excluding hydrogens is 161 g/mol. The van der Waals surface area contributed by atoms with Crippen LogP contribution in [-0.2, 0) is 33.3 Å². The SMILES string of the molecule is [C].[Co].[Ni].[P]. The van der Waals surface area contributed by atoms with Gasteiger partial charge in [-0.25, -0.2) is 0 Å². The van der Waals surface area contributed by atoms with Crippen LogP contribution in [0, 0.1) is 7.43 Å². The molecule has 0 aliphatic rings. The summed E-state index contributed by atoms with van der Waals surface area (Å²) in [6.45, 7) is 0. The number of hydrogen-bond donors (Lipinski definition) is 0. The van der Waals surface area contributed by atoms with E-state index in [2.05, 4.69) is 0 Å². The van der Waals surface area contributed by atoms with Crippen LogP contribution in [0.2, 0.25) is 0 Å². The molecule has 0 aromatic heterocycles. The van der Waals surface area contributed by atoms with Crippen LogP contribution in [0.5, 0.6) is 0 Å². The fourth-order valence-electron chi connectivity index (χ4n) is 0. The molecule has 0 bridgehead atoms. The van der Waals surface area contributed by atoms with Gasteiger partial charge >= 0.3 is 0 Å². The molecule has 0 amide bonds. The molecule has 0 atom stereocenters. The molecule has 0 saturated heterocycles. The van der Waals surface area contributed by atoms with E-state index >= 15 is 0 Å². The molecule has 0 aromatic rings. The summed E-state index contributed by atoms with van der Waals surface area (Å²) >= 11 is 0. The molecule has 0 aliphatic heterocycles. The van der Waals surface area contributed by atoms with Gasteiger partial charge in [-0.05, 0) is 0 Å². The second-order valence-corrected chi connectivity index (χ2v) is 0. The van der Waals surface area contributed by atoms with Gasteiger partial charge in [0.05, 0.1) is 0 Å². The molecule has 0 aliphatic carbocycles. The fourth-order valence-corrected chi connectivity index (χ4v) is 0. The molecule has 0 unspecified atom stereocenters. The molecule has 8 radical (unpaired) electrons. The van der Waals surface area contributed by atoms with E-state index < -0.39 is 0 Å². The van der Waals surface area contributed by atoms with Crippen LogP contribution < -0.4 is 0 Å². The molecule has 4 heavy (non-hydrogen) atoms. The molecule has 0 fully saturated rings. The van der Waals surface area contributed by atoms with Crippen LogP contribution in [0.25, 0.3) is 0 Å². The van der Waals surface area contributed by atoms with Crippen molar-refractivity contribution in [2.45, 2.75) is 0 Å². The average molecular weight is 161 g/mol. The Kier molecular flexibility index (Phi) is 332. The molecule has 0 saturated carbocycles. The zero-order chi connectivity index (χ0) is 0. The van der Waals surface area contributed by atoms with Gasteiger partial charge in [0.1, 0.15) is 0 Å². The van der Waals surface area contributed by atoms with Crippen molar-refractivity contribution in [3.8, 4) is 0 Å². The first-order valence-corrected chi connectivity index (χ1v) is 0. The zero-order valence-corrected chi connectivity index (χ0v) is 4.52. The van der Waals surface area contributed by atoms with Crippen molar-refractivity contribution >= 4 is 9.90 Å². The quantitative estimate of drug-likeness (QED) is 0.366. The van der Waals surface area contributed by atoms with Crippen LogP contribution in [0.3, 0.4) is 0 Å². The van der Waals surface area contributed by atoms with Gasteiger partial charge in [-0.1, -0.05) is 0 Å². The molecule has 0 spiro atoms. The summed E-state index contributed by atoms with van der Waals surface area (Å²) in [6, 6.07) is 0. The van der Waals surface area contributed by atoms with Crippen LogP contribution in [0.1, 0.15) is 0 Å². The molecular formula is CCoNiP. The maximum absolute atomic E-state index is 0. The zero-order valence-electron chi connectivity index (χ0n) is 1.60. The van der Waals surface area contributed by atoms with Gasteiger partial charge in [-0.3, -0.25) is 0 Å². The van der Waals surface area contributed by atoms with Crippen molar-refractivity contribution in [3.63, 3.8) is 0 Å². The van der Waals surface area contributed by atoms with Crippen LogP contribution in [0.4, 0.5) is 0 Å². The second-order valence-electron chi connectivity index (χ2n) is 0. The first kappa shape index (κ1) is 52.1. The van der Waals surface area contributed by atoms with Crippen LogP contribution in [-0.4, -0.2) is 0 Å². The topological polar surface area (TPSA) is 0 Å². The van der Waals surface area contributed by atoms with Crippen molar-refractivity contribution in [2.24, 2.45) is 0 Å². The molecule has 3 heteroatoms. The van der Waals surface area contributed by atoms with E-state index in [1.54, 1.807) is 0 Å². The summed E-state index contributed by atoms with van der Waals surface area (Å²) in [4.78, 5) is 0. The maximum Gasteiger partial charge on any atom is 0 e. The predicted octanol–water partition coefficient (Wildman–Crippen LogP) is 0.937. The van der Waals surface area contributed by atoms with Gasteiger partial charge < -0.3 is 0 Å². The third kappa shape index (κ3) is 9.90. The first-order valence-electron chi connectivity index (χ1n) is 0. The molecule has 0 nitrogen and oxygen atoms in total. The van der Waals surface area contributed by atoms with Crippen molar-refractivity contribution < 1.29 is 33.3 Å². The minimum atomic E-state index is 0. The average Bonchev–Trinajstić information content (AvgIpc) is 0. The molecule has 0 heterocycles. The van der Waals surface area contributed by atoms with Crippen molar-refractivity contribution in [1.29, 1.82) is 0 Å². The Morgan fingerprint density at radius 3 is 1.00 bits per heavy atom. The van der Waals surface area contributed by atoms with Gasteiger partial charge in [0.25, 0.3) is 0 Å². The van der Waals surface area contributed by atoms with E-state index in [1.807, 2.05) is 0 Å². The van der Waals surface area contributed by atoms with E-state index in [9.17, 15) is 0 Å². The maximum atomic E-state index is 0. The van der Waals surface area contributed by atoms with E-state index in [4.69, 9.17) is 0 Å². The van der Waals surface area contributed by atoms with E-state index in [1.165, 1.54) is 0 Å². The number of hydrogen-bond acceptors (Lipinski definition) is 0. The Bertz CT molecular complexity index is 8.00. The van der Waals surface area contributed by atoms with Crippen molar-refractivity contribution in [2.75, 3.05) is 0 Å². The van der Waals surface area contributed by atoms with Gasteiger partial charge in [0.2, 0.25) is 0 Å². The van der Waals surface area contributed by atoms with E-state index in [0.29, 0.717) is 0 Å². The largest absolute Gasteiger partial charge is 0 e. The van der Waals surface area contributed by atoms with Gasteiger partial charge in [-0.15, -0.1) is 0 Å². The standard InChI is InChI=1S/C.Co.Ni.P. The summed E-state index contributed by atoms with van der Waals surface area (Å²) in [7, 11) is 0. The predicted molar refractivity (Wildman–Crippen MR) is 10.2 cm³/mol.